The van der Waals surface area contributed by atoms with Crippen molar-refractivity contribution < 1.29 is 17.9 Å². The monoisotopic (exact) mass is 368 g/mol. The number of amides is 1. The number of nitrogens with zero attached hydrogens (tertiary/aromatic N) is 2. The predicted molar refractivity (Wildman–Crippen MR) is 95.3 cm³/mol. The van der Waals surface area contributed by atoms with Crippen LogP contribution in [0.5, 0.6) is 0 Å². The van der Waals surface area contributed by atoms with Gasteiger partial charge in [-0.2, -0.15) is 0 Å². The third-order valence-corrected chi connectivity index (χ3v) is 5.92. The maximum absolute atomic E-state index is 12.6. The Kier molecular flexibility index (Phi) is 5.17. The van der Waals surface area contributed by atoms with E-state index in [0.717, 1.165) is 29.3 Å². The average molecular weight is 368 g/mol. The molecule has 1 fully saturated rings. The van der Waals surface area contributed by atoms with Crippen LogP contribution in [0.15, 0.2) is 24.3 Å². The van der Waals surface area contributed by atoms with Crippen molar-refractivity contribution in [3.8, 4) is 0 Å². The quantitative estimate of drug-likeness (QED) is 0.781. The van der Waals surface area contributed by atoms with Crippen molar-refractivity contribution in [3.05, 3.63) is 24.3 Å². The highest BCUT2D eigenvalue weighted by atomic mass is 32.2. The Balaban J connectivity index is 1.84. The molecule has 0 saturated carbocycles. The first kappa shape index (κ1) is 17.3. The maximum atomic E-state index is 12.6. The molecule has 0 aliphatic carbocycles. The van der Waals surface area contributed by atoms with Crippen LogP contribution < -0.4 is 4.90 Å². The van der Waals surface area contributed by atoms with Gasteiger partial charge in [-0.1, -0.05) is 23.5 Å². The van der Waals surface area contributed by atoms with Gasteiger partial charge in [0.25, 0.3) is 0 Å². The van der Waals surface area contributed by atoms with Crippen molar-refractivity contribution in [2.75, 3.05) is 30.1 Å². The Morgan fingerprint density at radius 3 is 2.88 bits per heavy atom. The van der Waals surface area contributed by atoms with Crippen LogP contribution in [0.3, 0.4) is 0 Å². The Morgan fingerprint density at radius 1 is 1.42 bits per heavy atom. The highest BCUT2D eigenvalue weighted by Crippen LogP contribution is 2.30. The number of fused-ring (bicyclic) bond motifs is 1. The van der Waals surface area contributed by atoms with E-state index < -0.39 is 9.84 Å². The van der Waals surface area contributed by atoms with Crippen LogP contribution in [0, 0.1) is 0 Å². The Morgan fingerprint density at radius 2 is 2.21 bits per heavy atom. The standard InChI is InChI=1S/C16H20N2O4S2/c1-24(20,21)10-8-15(19)18(11-12-5-4-9-22-12)16-17-13-6-2-3-7-14(13)23-16/h2-3,6-7,12H,4-5,8-11H2,1H3. The van der Waals surface area contributed by atoms with Crippen molar-refractivity contribution in [3.63, 3.8) is 0 Å². The van der Waals surface area contributed by atoms with Gasteiger partial charge in [-0.15, -0.1) is 0 Å². The number of hydrogen-bond donors (Lipinski definition) is 0. The molecule has 2 aromatic rings. The van der Waals surface area contributed by atoms with Gasteiger partial charge in [0.05, 0.1) is 28.6 Å². The van der Waals surface area contributed by atoms with Crippen molar-refractivity contribution in [1.82, 2.24) is 4.98 Å². The number of carbonyl (C=O) groups is 1. The summed E-state index contributed by atoms with van der Waals surface area (Å²) in [6, 6.07) is 7.70. The number of rotatable bonds is 6. The number of para-hydroxylation sites is 1. The molecule has 130 valence electrons. The second-order valence-electron chi connectivity index (χ2n) is 5.98. The minimum absolute atomic E-state index is 0.0146. The molecule has 1 saturated heterocycles. The molecule has 1 unspecified atom stereocenters. The molecule has 0 bridgehead atoms. The topological polar surface area (TPSA) is 76.6 Å². The third-order valence-electron chi connectivity index (χ3n) is 3.91. The minimum Gasteiger partial charge on any atom is -0.376 e. The second kappa shape index (κ2) is 7.16. The number of aromatic nitrogens is 1. The number of ether oxygens (including phenoxy) is 1. The summed E-state index contributed by atoms with van der Waals surface area (Å²) in [6.45, 7) is 1.12. The van der Waals surface area contributed by atoms with Crippen molar-refractivity contribution in [2.24, 2.45) is 0 Å². The Hall–Kier alpha value is -1.51. The van der Waals surface area contributed by atoms with Crippen LogP contribution in [0.2, 0.25) is 0 Å². The number of benzene rings is 1. The molecule has 2 heterocycles. The smallest absolute Gasteiger partial charge is 0.229 e. The molecule has 1 aromatic heterocycles. The lowest BCUT2D eigenvalue weighted by atomic mass is 10.2. The minimum atomic E-state index is -3.18. The van der Waals surface area contributed by atoms with Crippen molar-refractivity contribution >= 4 is 42.4 Å². The summed E-state index contributed by atoms with van der Waals surface area (Å²) in [6.07, 6.45) is 2.97. The van der Waals surface area contributed by atoms with E-state index in [0.29, 0.717) is 18.3 Å². The second-order valence-corrected chi connectivity index (χ2v) is 9.25. The molecule has 0 N–H and O–H groups in total. The molecule has 24 heavy (non-hydrogen) atoms. The zero-order valence-electron chi connectivity index (χ0n) is 13.5. The molecular weight excluding hydrogens is 348 g/mol. The molecule has 0 radical (unpaired) electrons. The van der Waals surface area contributed by atoms with E-state index in [9.17, 15) is 13.2 Å². The number of thiazole rings is 1. The first-order chi connectivity index (χ1) is 11.4. The first-order valence-electron chi connectivity index (χ1n) is 7.88. The summed E-state index contributed by atoms with van der Waals surface area (Å²) >= 11 is 1.44. The highest BCUT2D eigenvalue weighted by Gasteiger charge is 2.26. The van der Waals surface area contributed by atoms with Crippen LogP contribution >= 0.6 is 11.3 Å². The molecule has 1 amide bonds. The largest absolute Gasteiger partial charge is 0.376 e. The highest BCUT2D eigenvalue weighted by molar-refractivity contribution is 7.90. The first-order valence-corrected chi connectivity index (χ1v) is 10.8. The molecule has 1 aliphatic rings. The van der Waals surface area contributed by atoms with Crippen molar-refractivity contribution in [1.29, 1.82) is 0 Å². The zero-order valence-corrected chi connectivity index (χ0v) is 15.1. The average Bonchev–Trinajstić information content (AvgIpc) is 3.18. The lowest BCUT2D eigenvalue weighted by Gasteiger charge is -2.23. The van der Waals surface area contributed by atoms with Gasteiger partial charge >= 0.3 is 0 Å². The van der Waals surface area contributed by atoms with Gasteiger partial charge in [0, 0.05) is 19.3 Å². The van der Waals surface area contributed by atoms with Crippen LogP contribution in [0.25, 0.3) is 10.2 Å². The molecule has 1 aromatic carbocycles. The summed E-state index contributed by atoms with van der Waals surface area (Å²) in [5, 5.41) is 0.602. The maximum Gasteiger partial charge on any atom is 0.229 e. The van der Waals surface area contributed by atoms with Gasteiger partial charge in [-0.05, 0) is 25.0 Å². The normalized spacial score (nSPS) is 18.1. The molecule has 8 heteroatoms. The van der Waals surface area contributed by atoms with E-state index in [1.807, 2.05) is 24.3 Å². The third kappa shape index (κ3) is 4.31. The van der Waals surface area contributed by atoms with Crippen LogP contribution in [0.4, 0.5) is 5.13 Å². The number of sulfone groups is 1. The number of hydrogen-bond acceptors (Lipinski definition) is 6. The van der Waals surface area contributed by atoms with E-state index in [1.54, 1.807) is 4.90 Å². The molecule has 0 spiro atoms. The molecule has 1 aliphatic heterocycles. The van der Waals surface area contributed by atoms with Crippen LogP contribution in [-0.2, 0) is 19.4 Å². The van der Waals surface area contributed by atoms with E-state index in [-0.39, 0.29) is 24.2 Å². The molecule has 6 nitrogen and oxygen atoms in total. The van der Waals surface area contributed by atoms with Gasteiger partial charge in [0.1, 0.15) is 9.84 Å². The summed E-state index contributed by atoms with van der Waals surface area (Å²) < 4.78 is 29.4. The van der Waals surface area contributed by atoms with E-state index >= 15 is 0 Å². The molecule has 3 rings (SSSR count). The van der Waals surface area contributed by atoms with Gasteiger partial charge in [0.2, 0.25) is 5.91 Å². The molecule has 1 atom stereocenters. The van der Waals surface area contributed by atoms with Crippen LogP contribution in [0.1, 0.15) is 19.3 Å². The van der Waals surface area contributed by atoms with Gasteiger partial charge in [0.15, 0.2) is 5.13 Å². The number of carbonyl (C=O) groups excluding carboxylic acids is 1. The van der Waals surface area contributed by atoms with E-state index in [2.05, 4.69) is 4.98 Å². The summed E-state index contributed by atoms with van der Waals surface area (Å²) in [5.74, 6) is -0.381. The van der Waals surface area contributed by atoms with Gasteiger partial charge in [-0.3, -0.25) is 9.69 Å². The Labute approximate surface area is 145 Å². The predicted octanol–water partition coefficient (Wildman–Crippen LogP) is 2.24. The fourth-order valence-electron chi connectivity index (χ4n) is 2.66. The summed E-state index contributed by atoms with van der Waals surface area (Å²) in [7, 11) is -3.18. The van der Waals surface area contributed by atoms with Gasteiger partial charge < -0.3 is 4.74 Å². The summed E-state index contributed by atoms with van der Waals surface area (Å²) in [4.78, 5) is 18.8. The number of anilines is 1. The summed E-state index contributed by atoms with van der Waals surface area (Å²) in [5.41, 5.74) is 0.839. The lowest BCUT2D eigenvalue weighted by molar-refractivity contribution is -0.118. The molecular formula is C16H20N2O4S2. The van der Waals surface area contributed by atoms with E-state index in [4.69, 9.17) is 4.74 Å². The zero-order chi connectivity index (χ0) is 17.2. The lowest BCUT2D eigenvalue weighted by Crippen LogP contribution is -2.38. The fourth-order valence-corrected chi connectivity index (χ4v) is 4.20. The van der Waals surface area contributed by atoms with Crippen LogP contribution in [-0.4, -0.2) is 50.6 Å². The van der Waals surface area contributed by atoms with E-state index in [1.165, 1.54) is 11.3 Å². The Bertz CT molecular complexity index is 792. The van der Waals surface area contributed by atoms with Gasteiger partial charge in [-0.25, -0.2) is 13.4 Å². The SMILES string of the molecule is CS(=O)(=O)CCC(=O)N(CC1CCCO1)c1nc2ccccc2s1. The fraction of sp³-hybridized carbons (Fsp3) is 0.500. The van der Waals surface area contributed by atoms with Crippen molar-refractivity contribution in [2.45, 2.75) is 25.4 Å².